The highest BCUT2D eigenvalue weighted by Gasteiger charge is 2.51. The molecule has 2 N–H and O–H groups in total. The van der Waals surface area contributed by atoms with Crippen LogP contribution in [0.4, 0.5) is 0 Å². The molecule has 5 heteroatoms. The molecule has 4 nitrogen and oxygen atoms in total. The van der Waals surface area contributed by atoms with E-state index >= 15 is 0 Å². The van der Waals surface area contributed by atoms with Crippen LogP contribution in [0.3, 0.4) is 0 Å². The van der Waals surface area contributed by atoms with Gasteiger partial charge in [-0.1, -0.05) is 6.07 Å². The molecule has 0 aromatic heterocycles. The van der Waals surface area contributed by atoms with E-state index in [2.05, 4.69) is 31.3 Å². The summed E-state index contributed by atoms with van der Waals surface area (Å²) in [6.07, 6.45) is 1.42. The van der Waals surface area contributed by atoms with E-state index in [1.165, 1.54) is 11.1 Å². The number of carboxylic acid groups (broad SMARTS) is 1. The third-order valence-corrected chi connectivity index (χ3v) is 4.61. The van der Waals surface area contributed by atoms with Crippen molar-refractivity contribution < 1.29 is 14.7 Å². The van der Waals surface area contributed by atoms with E-state index in [1.807, 2.05) is 6.07 Å². The normalized spacial score (nSPS) is 15.7. The Morgan fingerprint density at radius 3 is 2.55 bits per heavy atom. The molecule has 1 aliphatic rings. The van der Waals surface area contributed by atoms with Crippen LogP contribution in [0.2, 0.25) is 0 Å². The van der Waals surface area contributed by atoms with Gasteiger partial charge in [0, 0.05) is 17.1 Å². The number of carboxylic acids is 1. The van der Waals surface area contributed by atoms with E-state index in [4.69, 9.17) is 5.11 Å². The lowest BCUT2D eigenvalue weighted by Crippen LogP contribution is -2.43. The van der Waals surface area contributed by atoms with Crippen LogP contribution < -0.4 is 5.32 Å². The number of thioether (sulfide) groups is 1. The van der Waals surface area contributed by atoms with Gasteiger partial charge in [0.25, 0.3) is 0 Å². The molecule has 1 aromatic rings. The number of aliphatic carboxylic acids is 1. The minimum absolute atomic E-state index is 0.179. The highest BCUT2D eigenvalue weighted by atomic mass is 32.2. The first-order chi connectivity index (χ1) is 9.43. The molecule has 1 aliphatic carbocycles. The number of amides is 1. The second kappa shape index (κ2) is 5.87. The Kier molecular flexibility index (Phi) is 4.38. The van der Waals surface area contributed by atoms with Crippen LogP contribution in [0, 0.1) is 13.8 Å². The summed E-state index contributed by atoms with van der Waals surface area (Å²) in [5.74, 6) is -0.446. The summed E-state index contributed by atoms with van der Waals surface area (Å²) in [6, 6.07) is 6.23. The molecule has 1 fully saturated rings. The average molecular weight is 293 g/mol. The maximum Gasteiger partial charge on any atom is 0.329 e. The van der Waals surface area contributed by atoms with Crippen molar-refractivity contribution in [1.29, 1.82) is 0 Å². The Hall–Kier alpha value is -1.49. The van der Waals surface area contributed by atoms with Gasteiger partial charge in [0.1, 0.15) is 5.54 Å². The van der Waals surface area contributed by atoms with E-state index in [1.54, 1.807) is 11.8 Å². The number of hydrogen-bond acceptors (Lipinski definition) is 3. The van der Waals surface area contributed by atoms with Crippen LogP contribution in [0.1, 0.15) is 30.4 Å². The summed E-state index contributed by atoms with van der Waals surface area (Å²) in [7, 11) is 0. The van der Waals surface area contributed by atoms with Gasteiger partial charge in [-0.25, -0.2) is 4.79 Å². The molecule has 0 unspecified atom stereocenters. The van der Waals surface area contributed by atoms with Gasteiger partial charge >= 0.3 is 5.97 Å². The summed E-state index contributed by atoms with van der Waals surface area (Å²) in [4.78, 5) is 23.8. The standard InChI is InChI=1S/C15H19NO3S/c1-10-3-4-12(9-11(10)2)20-8-5-13(17)16-15(6-7-15)14(18)19/h3-4,9H,5-8H2,1-2H3,(H,16,17)(H,18,19). The molecule has 1 aromatic carbocycles. The van der Waals surface area contributed by atoms with Crippen molar-refractivity contribution in [3.05, 3.63) is 29.3 Å². The van der Waals surface area contributed by atoms with Crippen molar-refractivity contribution in [3.63, 3.8) is 0 Å². The van der Waals surface area contributed by atoms with E-state index in [-0.39, 0.29) is 5.91 Å². The molecule has 0 heterocycles. The Balaban J connectivity index is 1.77. The van der Waals surface area contributed by atoms with Crippen molar-refractivity contribution in [1.82, 2.24) is 5.32 Å². The maximum atomic E-state index is 11.7. The SMILES string of the molecule is Cc1ccc(SCCC(=O)NC2(C(=O)O)CC2)cc1C. The molecule has 2 rings (SSSR count). The number of benzene rings is 1. The van der Waals surface area contributed by atoms with Gasteiger partial charge in [-0.3, -0.25) is 4.79 Å². The molecule has 108 valence electrons. The van der Waals surface area contributed by atoms with Gasteiger partial charge in [-0.15, -0.1) is 11.8 Å². The van der Waals surface area contributed by atoms with Crippen LogP contribution in [0.25, 0.3) is 0 Å². The van der Waals surface area contributed by atoms with E-state index < -0.39 is 11.5 Å². The molecule has 0 saturated heterocycles. The van der Waals surface area contributed by atoms with Crippen LogP contribution in [0.15, 0.2) is 23.1 Å². The third-order valence-electron chi connectivity index (χ3n) is 3.61. The van der Waals surface area contributed by atoms with E-state index in [0.29, 0.717) is 25.0 Å². The zero-order valence-corrected chi connectivity index (χ0v) is 12.5. The van der Waals surface area contributed by atoms with Crippen molar-refractivity contribution in [2.45, 2.75) is 43.5 Å². The van der Waals surface area contributed by atoms with Crippen molar-refractivity contribution in [3.8, 4) is 0 Å². The second-order valence-electron chi connectivity index (χ2n) is 5.28. The smallest absolute Gasteiger partial charge is 0.329 e. The minimum Gasteiger partial charge on any atom is -0.480 e. The zero-order chi connectivity index (χ0) is 14.8. The van der Waals surface area contributed by atoms with Gasteiger partial charge in [-0.2, -0.15) is 0 Å². The molecule has 1 saturated carbocycles. The predicted octanol–water partition coefficient (Wildman–Crippen LogP) is 2.52. The molecule has 0 aliphatic heterocycles. The highest BCUT2D eigenvalue weighted by Crippen LogP contribution is 2.35. The topological polar surface area (TPSA) is 66.4 Å². The fourth-order valence-corrected chi connectivity index (χ4v) is 2.86. The zero-order valence-electron chi connectivity index (χ0n) is 11.7. The van der Waals surface area contributed by atoms with E-state index in [0.717, 1.165) is 4.90 Å². The van der Waals surface area contributed by atoms with Crippen LogP contribution in [-0.4, -0.2) is 28.3 Å². The fraction of sp³-hybridized carbons (Fsp3) is 0.467. The third kappa shape index (κ3) is 3.54. The molecule has 0 radical (unpaired) electrons. The molecule has 0 atom stereocenters. The lowest BCUT2D eigenvalue weighted by molar-refractivity contribution is -0.143. The minimum atomic E-state index is -0.970. The number of hydrogen-bond donors (Lipinski definition) is 2. The van der Waals surface area contributed by atoms with Crippen LogP contribution >= 0.6 is 11.8 Å². The van der Waals surface area contributed by atoms with Gasteiger partial charge in [-0.05, 0) is 49.9 Å². The first kappa shape index (κ1) is 14.9. The van der Waals surface area contributed by atoms with Crippen molar-refractivity contribution in [2.24, 2.45) is 0 Å². The Bertz CT molecular complexity index is 538. The van der Waals surface area contributed by atoms with Gasteiger partial charge in [0.2, 0.25) is 5.91 Å². The summed E-state index contributed by atoms with van der Waals surface area (Å²) in [5, 5.41) is 11.6. The molecule has 20 heavy (non-hydrogen) atoms. The van der Waals surface area contributed by atoms with Gasteiger partial charge in [0.15, 0.2) is 0 Å². The van der Waals surface area contributed by atoms with Crippen molar-refractivity contribution >= 4 is 23.6 Å². The highest BCUT2D eigenvalue weighted by molar-refractivity contribution is 7.99. The van der Waals surface area contributed by atoms with Gasteiger partial charge < -0.3 is 10.4 Å². The Labute approximate surface area is 123 Å². The molecule has 0 bridgehead atoms. The number of carbonyl (C=O) groups is 2. The lowest BCUT2D eigenvalue weighted by atomic mass is 10.1. The summed E-state index contributed by atoms with van der Waals surface area (Å²) in [5.41, 5.74) is 1.52. The maximum absolute atomic E-state index is 11.7. The predicted molar refractivity (Wildman–Crippen MR) is 79.0 cm³/mol. The number of carbonyl (C=O) groups excluding carboxylic acids is 1. The van der Waals surface area contributed by atoms with Crippen molar-refractivity contribution in [2.75, 3.05) is 5.75 Å². The molecular weight excluding hydrogens is 274 g/mol. The first-order valence-electron chi connectivity index (χ1n) is 6.67. The fourth-order valence-electron chi connectivity index (χ4n) is 1.91. The van der Waals surface area contributed by atoms with Gasteiger partial charge in [0.05, 0.1) is 0 Å². The first-order valence-corrected chi connectivity index (χ1v) is 7.66. The summed E-state index contributed by atoms with van der Waals surface area (Å²) >= 11 is 1.62. The van der Waals surface area contributed by atoms with E-state index in [9.17, 15) is 9.59 Å². The summed E-state index contributed by atoms with van der Waals surface area (Å²) in [6.45, 7) is 4.13. The molecule has 1 amide bonds. The van der Waals surface area contributed by atoms with Crippen LogP contribution in [-0.2, 0) is 9.59 Å². The summed E-state index contributed by atoms with van der Waals surface area (Å²) < 4.78 is 0. The van der Waals surface area contributed by atoms with Crippen LogP contribution in [0.5, 0.6) is 0 Å². The molecule has 0 spiro atoms. The molecular formula is C15H19NO3S. The second-order valence-corrected chi connectivity index (χ2v) is 6.45. The Morgan fingerprint density at radius 2 is 2.00 bits per heavy atom. The largest absolute Gasteiger partial charge is 0.480 e. The average Bonchev–Trinajstić information content (AvgIpc) is 3.14. The quantitative estimate of drug-likeness (QED) is 0.791. The number of aryl methyl sites for hydroxylation is 2. The monoisotopic (exact) mass is 293 g/mol. The number of rotatable bonds is 6. The number of nitrogens with one attached hydrogen (secondary N) is 1. The Morgan fingerprint density at radius 1 is 1.30 bits per heavy atom. The lowest BCUT2D eigenvalue weighted by Gasteiger charge is -2.12.